The van der Waals surface area contributed by atoms with Gasteiger partial charge in [-0.1, -0.05) is 29.3 Å². The summed E-state index contributed by atoms with van der Waals surface area (Å²) in [5, 5.41) is 17.1. The molecular formula is C15H13Cl2N3O3. The van der Waals surface area contributed by atoms with E-state index in [0.29, 0.717) is 21.4 Å². The second-order valence-corrected chi connectivity index (χ2v) is 5.63. The van der Waals surface area contributed by atoms with Gasteiger partial charge < -0.3 is 10.6 Å². The first kappa shape index (κ1) is 17.1. The molecule has 0 spiro atoms. The standard InChI is InChI=1S/C15H13Cl2N3O3/c1-9(18-11-3-2-4-12(8-11)20(22)23)15(21)19-14-7-10(16)5-6-13(14)17/h2-9,18H,1H3,(H,19,21)/t9-/m1/s1. The minimum absolute atomic E-state index is 0.0551. The van der Waals surface area contributed by atoms with Crippen LogP contribution in [0.2, 0.25) is 10.0 Å². The van der Waals surface area contributed by atoms with Crippen LogP contribution < -0.4 is 10.6 Å². The summed E-state index contributed by atoms with van der Waals surface area (Å²) in [4.78, 5) is 22.4. The maximum absolute atomic E-state index is 12.2. The van der Waals surface area contributed by atoms with Gasteiger partial charge in [0, 0.05) is 22.8 Å². The number of halogens is 2. The van der Waals surface area contributed by atoms with Crippen LogP contribution in [0, 0.1) is 10.1 Å². The van der Waals surface area contributed by atoms with Crippen molar-refractivity contribution in [2.24, 2.45) is 0 Å². The Labute approximate surface area is 142 Å². The third-order valence-electron chi connectivity index (χ3n) is 3.02. The molecule has 1 amide bonds. The number of nitro benzene ring substituents is 1. The highest BCUT2D eigenvalue weighted by molar-refractivity contribution is 6.35. The third-order valence-corrected chi connectivity index (χ3v) is 3.58. The zero-order valence-corrected chi connectivity index (χ0v) is 13.6. The van der Waals surface area contributed by atoms with Crippen molar-refractivity contribution in [1.82, 2.24) is 0 Å². The average Bonchev–Trinajstić information content (AvgIpc) is 2.51. The van der Waals surface area contributed by atoms with E-state index in [0.717, 1.165) is 0 Å². The molecule has 2 aromatic rings. The summed E-state index contributed by atoms with van der Waals surface area (Å²) in [5.74, 6) is -0.347. The number of amides is 1. The van der Waals surface area contributed by atoms with Crippen LogP contribution in [0.1, 0.15) is 6.92 Å². The molecule has 2 aromatic carbocycles. The number of carbonyl (C=O) groups is 1. The molecule has 0 bridgehead atoms. The molecule has 0 aliphatic rings. The van der Waals surface area contributed by atoms with E-state index in [9.17, 15) is 14.9 Å². The first-order valence-electron chi connectivity index (χ1n) is 6.63. The van der Waals surface area contributed by atoms with Gasteiger partial charge >= 0.3 is 0 Å². The SMILES string of the molecule is C[C@@H](Nc1cccc([N+](=O)[O-])c1)C(=O)Nc1cc(Cl)ccc1Cl. The minimum Gasteiger partial charge on any atom is -0.374 e. The number of benzene rings is 2. The monoisotopic (exact) mass is 353 g/mol. The second-order valence-electron chi connectivity index (χ2n) is 4.79. The molecule has 0 aliphatic heterocycles. The summed E-state index contributed by atoms with van der Waals surface area (Å²) >= 11 is 11.9. The Balaban J connectivity index is 2.07. The lowest BCUT2D eigenvalue weighted by molar-refractivity contribution is -0.384. The Morgan fingerprint density at radius 2 is 1.96 bits per heavy atom. The fraction of sp³-hybridized carbons (Fsp3) is 0.133. The molecule has 23 heavy (non-hydrogen) atoms. The molecule has 2 N–H and O–H groups in total. The summed E-state index contributed by atoms with van der Waals surface area (Å²) < 4.78 is 0. The number of carbonyl (C=O) groups excluding carboxylic acids is 1. The molecule has 0 radical (unpaired) electrons. The van der Waals surface area contributed by atoms with Crippen molar-refractivity contribution in [3.8, 4) is 0 Å². The highest BCUT2D eigenvalue weighted by atomic mass is 35.5. The maximum Gasteiger partial charge on any atom is 0.271 e. The molecule has 0 aromatic heterocycles. The van der Waals surface area contributed by atoms with Gasteiger partial charge in [-0.15, -0.1) is 0 Å². The van der Waals surface area contributed by atoms with Gasteiger partial charge in [0.1, 0.15) is 6.04 Å². The van der Waals surface area contributed by atoms with Gasteiger partial charge in [-0.2, -0.15) is 0 Å². The fourth-order valence-electron chi connectivity index (χ4n) is 1.86. The molecule has 8 heteroatoms. The van der Waals surface area contributed by atoms with Crippen molar-refractivity contribution in [2.45, 2.75) is 13.0 Å². The van der Waals surface area contributed by atoms with Gasteiger partial charge in [0.2, 0.25) is 5.91 Å². The van der Waals surface area contributed by atoms with Gasteiger partial charge in [0.25, 0.3) is 5.69 Å². The third kappa shape index (κ3) is 4.58. The van der Waals surface area contributed by atoms with Crippen molar-refractivity contribution < 1.29 is 9.72 Å². The number of anilines is 2. The number of hydrogen-bond acceptors (Lipinski definition) is 4. The molecule has 120 valence electrons. The van der Waals surface area contributed by atoms with Gasteiger partial charge in [0.05, 0.1) is 15.6 Å². The lowest BCUT2D eigenvalue weighted by atomic mass is 10.2. The van der Waals surface area contributed by atoms with E-state index in [2.05, 4.69) is 10.6 Å². The first-order chi connectivity index (χ1) is 10.9. The Morgan fingerprint density at radius 1 is 1.22 bits per heavy atom. The van der Waals surface area contributed by atoms with E-state index in [4.69, 9.17) is 23.2 Å². The lowest BCUT2D eigenvalue weighted by Crippen LogP contribution is -2.31. The normalized spacial score (nSPS) is 11.6. The van der Waals surface area contributed by atoms with Crippen LogP contribution in [0.4, 0.5) is 17.1 Å². The molecule has 0 saturated heterocycles. The smallest absolute Gasteiger partial charge is 0.271 e. The number of nitrogens with one attached hydrogen (secondary N) is 2. The van der Waals surface area contributed by atoms with Crippen molar-refractivity contribution in [3.05, 3.63) is 62.6 Å². The fourth-order valence-corrected chi connectivity index (χ4v) is 2.20. The molecule has 6 nitrogen and oxygen atoms in total. The quantitative estimate of drug-likeness (QED) is 0.618. The van der Waals surface area contributed by atoms with Crippen LogP contribution >= 0.6 is 23.2 Å². The van der Waals surface area contributed by atoms with Crippen LogP contribution in [0.5, 0.6) is 0 Å². The molecule has 0 aliphatic carbocycles. The molecule has 1 atom stereocenters. The Hall–Kier alpha value is -2.31. The summed E-state index contributed by atoms with van der Waals surface area (Å²) in [6.07, 6.45) is 0. The van der Waals surface area contributed by atoms with Crippen LogP contribution in [0.15, 0.2) is 42.5 Å². The number of non-ortho nitro benzene ring substituents is 1. The first-order valence-corrected chi connectivity index (χ1v) is 7.39. The Kier molecular flexibility index (Phi) is 5.41. The van der Waals surface area contributed by atoms with E-state index in [1.165, 1.54) is 12.1 Å². The lowest BCUT2D eigenvalue weighted by Gasteiger charge is -2.16. The van der Waals surface area contributed by atoms with Crippen molar-refractivity contribution in [3.63, 3.8) is 0 Å². The zero-order valence-electron chi connectivity index (χ0n) is 12.0. The van der Waals surface area contributed by atoms with E-state index < -0.39 is 11.0 Å². The molecule has 2 rings (SSSR count). The summed E-state index contributed by atoms with van der Waals surface area (Å²) in [5.41, 5.74) is 0.816. The largest absolute Gasteiger partial charge is 0.374 e. The van der Waals surface area contributed by atoms with Crippen LogP contribution in [-0.4, -0.2) is 16.9 Å². The maximum atomic E-state index is 12.2. The Bertz CT molecular complexity index is 752. The predicted octanol–water partition coefficient (Wildman–Crippen LogP) is 4.34. The molecular weight excluding hydrogens is 341 g/mol. The van der Waals surface area contributed by atoms with Crippen LogP contribution in [0.3, 0.4) is 0 Å². The van der Waals surface area contributed by atoms with Crippen molar-refractivity contribution in [1.29, 1.82) is 0 Å². The molecule has 0 fully saturated rings. The predicted molar refractivity (Wildman–Crippen MR) is 91.3 cm³/mol. The minimum atomic E-state index is -0.632. The second kappa shape index (κ2) is 7.30. The molecule has 0 saturated carbocycles. The summed E-state index contributed by atoms with van der Waals surface area (Å²) in [7, 11) is 0. The topological polar surface area (TPSA) is 84.3 Å². The Morgan fingerprint density at radius 3 is 2.65 bits per heavy atom. The van der Waals surface area contributed by atoms with Gasteiger partial charge in [-0.05, 0) is 31.2 Å². The van der Waals surface area contributed by atoms with Crippen molar-refractivity contribution >= 4 is 46.2 Å². The van der Waals surface area contributed by atoms with E-state index >= 15 is 0 Å². The number of hydrogen-bond donors (Lipinski definition) is 2. The highest BCUT2D eigenvalue weighted by Crippen LogP contribution is 2.25. The van der Waals surface area contributed by atoms with Crippen molar-refractivity contribution in [2.75, 3.05) is 10.6 Å². The van der Waals surface area contributed by atoms with E-state index in [1.807, 2.05) is 0 Å². The summed E-state index contributed by atoms with van der Waals surface area (Å²) in [6.45, 7) is 1.63. The molecule has 0 unspecified atom stereocenters. The zero-order chi connectivity index (χ0) is 17.0. The van der Waals surface area contributed by atoms with Crippen LogP contribution in [0.25, 0.3) is 0 Å². The van der Waals surface area contributed by atoms with Gasteiger partial charge in [0.15, 0.2) is 0 Å². The van der Waals surface area contributed by atoms with E-state index in [-0.39, 0.29) is 11.6 Å². The average molecular weight is 354 g/mol. The van der Waals surface area contributed by atoms with E-state index in [1.54, 1.807) is 37.3 Å². The number of nitro groups is 1. The van der Waals surface area contributed by atoms with Gasteiger partial charge in [-0.3, -0.25) is 14.9 Å². The number of rotatable bonds is 5. The highest BCUT2D eigenvalue weighted by Gasteiger charge is 2.15. The molecule has 0 heterocycles. The number of nitrogens with zero attached hydrogens (tertiary/aromatic N) is 1. The van der Waals surface area contributed by atoms with Gasteiger partial charge in [-0.25, -0.2) is 0 Å². The summed E-state index contributed by atoms with van der Waals surface area (Å²) in [6, 6.07) is 10.0. The van der Waals surface area contributed by atoms with Crippen LogP contribution in [-0.2, 0) is 4.79 Å².